The summed E-state index contributed by atoms with van der Waals surface area (Å²) in [6.45, 7) is 4.20. The van der Waals surface area contributed by atoms with Crippen LogP contribution < -0.4 is 5.32 Å². The lowest BCUT2D eigenvalue weighted by Crippen LogP contribution is -2.39. The molecule has 0 bridgehead atoms. The summed E-state index contributed by atoms with van der Waals surface area (Å²) in [5, 5.41) is 3.35. The van der Waals surface area contributed by atoms with Crippen molar-refractivity contribution in [2.45, 2.75) is 52.0 Å². The third kappa shape index (κ3) is 4.96. The van der Waals surface area contributed by atoms with Gasteiger partial charge in [0.15, 0.2) is 0 Å². The first kappa shape index (κ1) is 15.0. The van der Waals surface area contributed by atoms with Crippen LogP contribution in [0, 0.1) is 11.8 Å². The third-order valence-electron chi connectivity index (χ3n) is 3.93. The van der Waals surface area contributed by atoms with Crippen molar-refractivity contribution in [3.05, 3.63) is 0 Å². The molecule has 1 rings (SSSR count). The SMILES string of the molecule is CCCS(=O)(=O)CCC1CC(C)CCC1NC. The summed E-state index contributed by atoms with van der Waals surface area (Å²) in [6.07, 6.45) is 5.20. The predicted molar refractivity (Wildman–Crippen MR) is 72.9 cm³/mol. The van der Waals surface area contributed by atoms with Crippen molar-refractivity contribution >= 4 is 9.84 Å². The Morgan fingerprint density at radius 1 is 1.24 bits per heavy atom. The maximum absolute atomic E-state index is 11.7. The number of rotatable bonds is 6. The van der Waals surface area contributed by atoms with Crippen LogP contribution in [0.1, 0.15) is 46.0 Å². The van der Waals surface area contributed by atoms with Gasteiger partial charge in [0.2, 0.25) is 0 Å². The predicted octanol–water partition coefficient (Wildman–Crippen LogP) is 2.23. The molecule has 1 aliphatic rings. The Hall–Kier alpha value is -0.0900. The van der Waals surface area contributed by atoms with Gasteiger partial charge in [0, 0.05) is 11.8 Å². The van der Waals surface area contributed by atoms with Gasteiger partial charge >= 0.3 is 0 Å². The van der Waals surface area contributed by atoms with E-state index in [0.29, 0.717) is 23.5 Å². The van der Waals surface area contributed by atoms with E-state index in [-0.39, 0.29) is 0 Å². The molecular weight excluding hydrogens is 234 g/mol. The van der Waals surface area contributed by atoms with E-state index < -0.39 is 9.84 Å². The average molecular weight is 261 g/mol. The number of sulfone groups is 1. The van der Waals surface area contributed by atoms with Crippen molar-refractivity contribution in [2.24, 2.45) is 11.8 Å². The molecule has 1 fully saturated rings. The van der Waals surface area contributed by atoms with Crippen molar-refractivity contribution in [1.82, 2.24) is 5.32 Å². The zero-order chi connectivity index (χ0) is 12.9. The average Bonchev–Trinajstić information content (AvgIpc) is 2.27. The van der Waals surface area contributed by atoms with E-state index >= 15 is 0 Å². The molecule has 1 aliphatic carbocycles. The molecule has 3 nitrogen and oxygen atoms in total. The molecule has 0 radical (unpaired) electrons. The van der Waals surface area contributed by atoms with Gasteiger partial charge in [0.1, 0.15) is 9.84 Å². The van der Waals surface area contributed by atoms with Crippen LogP contribution in [0.15, 0.2) is 0 Å². The minimum atomic E-state index is -2.81. The first-order chi connectivity index (χ1) is 7.98. The fourth-order valence-corrected chi connectivity index (χ4v) is 4.43. The molecule has 0 aromatic carbocycles. The van der Waals surface area contributed by atoms with E-state index in [1.54, 1.807) is 0 Å². The highest BCUT2D eigenvalue weighted by Crippen LogP contribution is 2.31. The topological polar surface area (TPSA) is 46.2 Å². The fraction of sp³-hybridized carbons (Fsp3) is 1.00. The van der Waals surface area contributed by atoms with Crippen LogP contribution in [0.4, 0.5) is 0 Å². The van der Waals surface area contributed by atoms with E-state index in [2.05, 4.69) is 12.2 Å². The monoisotopic (exact) mass is 261 g/mol. The van der Waals surface area contributed by atoms with Crippen LogP contribution in [-0.4, -0.2) is 33.0 Å². The largest absolute Gasteiger partial charge is 0.317 e. The smallest absolute Gasteiger partial charge is 0.150 e. The van der Waals surface area contributed by atoms with Crippen LogP contribution in [0.25, 0.3) is 0 Å². The maximum atomic E-state index is 11.7. The number of hydrogen-bond donors (Lipinski definition) is 1. The zero-order valence-electron chi connectivity index (χ0n) is 11.4. The summed E-state index contributed by atoms with van der Waals surface area (Å²) in [5.41, 5.74) is 0. The molecule has 4 heteroatoms. The third-order valence-corrected chi connectivity index (χ3v) is 5.82. The Balaban J connectivity index is 2.48. The maximum Gasteiger partial charge on any atom is 0.150 e. The van der Waals surface area contributed by atoms with Crippen LogP contribution in [0.2, 0.25) is 0 Å². The quantitative estimate of drug-likeness (QED) is 0.797. The van der Waals surface area contributed by atoms with Gasteiger partial charge in [-0.1, -0.05) is 13.8 Å². The normalized spacial score (nSPS) is 30.4. The molecule has 0 saturated heterocycles. The summed E-state index contributed by atoms with van der Waals surface area (Å²) in [7, 11) is -0.814. The second kappa shape index (κ2) is 6.74. The molecule has 0 aliphatic heterocycles. The van der Waals surface area contributed by atoms with Gasteiger partial charge in [-0.2, -0.15) is 0 Å². The summed E-state index contributed by atoms with van der Waals surface area (Å²) in [6, 6.07) is 0.517. The second-order valence-electron chi connectivity index (χ2n) is 5.51. The molecule has 0 amide bonds. The zero-order valence-corrected chi connectivity index (χ0v) is 12.2. The Labute approximate surface area is 106 Å². The van der Waals surface area contributed by atoms with Crippen LogP contribution in [0.3, 0.4) is 0 Å². The Bertz CT molecular complexity index is 313. The van der Waals surface area contributed by atoms with Gasteiger partial charge in [-0.05, 0) is 51.0 Å². The van der Waals surface area contributed by atoms with E-state index in [0.717, 1.165) is 18.8 Å². The summed E-state index contributed by atoms with van der Waals surface area (Å²) in [4.78, 5) is 0. The lowest BCUT2D eigenvalue weighted by molar-refractivity contribution is 0.216. The van der Waals surface area contributed by atoms with E-state index in [1.165, 1.54) is 19.3 Å². The lowest BCUT2D eigenvalue weighted by atomic mass is 9.77. The van der Waals surface area contributed by atoms with Gasteiger partial charge in [-0.15, -0.1) is 0 Å². The highest BCUT2D eigenvalue weighted by molar-refractivity contribution is 7.91. The first-order valence-corrected chi connectivity index (χ1v) is 8.68. The fourth-order valence-electron chi connectivity index (χ4n) is 2.94. The van der Waals surface area contributed by atoms with Gasteiger partial charge in [-0.3, -0.25) is 0 Å². The summed E-state index contributed by atoms with van der Waals surface area (Å²) < 4.78 is 23.5. The van der Waals surface area contributed by atoms with Gasteiger partial charge < -0.3 is 5.32 Å². The van der Waals surface area contributed by atoms with Gasteiger partial charge in [0.05, 0.1) is 5.75 Å². The van der Waals surface area contributed by atoms with Gasteiger partial charge in [-0.25, -0.2) is 8.42 Å². The molecular formula is C13H27NO2S. The van der Waals surface area contributed by atoms with Crippen molar-refractivity contribution in [3.8, 4) is 0 Å². The summed E-state index contributed by atoms with van der Waals surface area (Å²) in [5.74, 6) is 2.00. The van der Waals surface area contributed by atoms with Crippen molar-refractivity contribution in [2.75, 3.05) is 18.6 Å². The number of nitrogens with one attached hydrogen (secondary N) is 1. The van der Waals surface area contributed by atoms with Crippen molar-refractivity contribution < 1.29 is 8.42 Å². The Kier molecular flexibility index (Phi) is 5.93. The molecule has 0 aromatic rings. The molecule has 0 heterocycles. The first-order valence-electron chi connectivity index (χ1n) is 6.86. The standard InChI is InChI=1S/C13H27NO2S/c1-4-8-17(15,16)9-7-12-10-11(2)5-6-13(12)14-3/h11-14H,4-10H2,1-3H3. The van der Waals surface area contributed by atoms with Crippen LogP contribution in [0.5, 0.6) is 0 Å². The molecule has 0 aromatic heterocycles. The van der Waals surface area contributed by atoms with Crippen LogP contribution >= 0.6 is 0 Å². The van der Waals surface area contributed by atoms with E-state index in [4.69, 9.17) is 0 Å². The van der Waals surface area contributed by atoms with Crippen molar-refractivity contribution in [3.63, 3.8) is 0 Å². The molecule has 1 saturated carbocycles. The second-order valence-corrected chi connectivity index (χ2v) is 7.82. The minimum Gasteiger partial charge on any atom is -0.317 e. The Morgan fingerprint density at radius 2 is 1.94 bits per heavy atom. The highest BCUT2D eigenvalue weighted by Gasteiger charge is 2.28. The molecule has 102 valence electrons. The van der Waals surface area contributed by atoms with Gasteiger partial charge in [0.25, 0.3) is 0 Å². The lowest BCUT2D eigenvalue weighted by Gasteiger charge is -2.34. The molecule has 0 spiro atoms. The van der Waals surface area contributed by atoms with E-state index in [9.17, 15) is 8.42 Å². The molecule has 3 atom stereocenters. The molecule has 3 unspecified atom stereocenters. The van der Waals surface area contributed by atoms with Crippen LogP contribution in [-0.2, 0) is 9.84 Å². The summed E-state index contributed by atoms with van der Waals surface area (Å²) >= 11 is 0. The van der Waals surface area contributed by atoms with Crippen molar-refractivity contribution in [1.29, 1.82) is 0 Å². The molecule has 17 heavy (non-hydrogen) atoms. The Morgan fingerprint density at radius 3 is 2.53 bits per heavy atom. The highest BCUT2D eigenvalue weighted by atomic mass is 32.2. The molecule has 1 N–H and O–H groups in total. The van der Waals surface area contributed by atoms with E-state index in [1.807, 2.05) is 14.0 Å². The minimum absolute atomic E-state index is 0.347. The number of hydrogen-bond acceptors (Lipinski definition) is 3.